The quantitative estimate of drug-likeness (QED) is 0.874. The van der Waals surface area contributed by atoms with E-state index in [1.54, 1.807) is 18.3 Å². The van der Waals surface area contributed by atoms with Gasteiger partial charge in [0.2, 0.25) is 5.91 Å². The number of hydrogen-bond donors (Lipinski definition) is 0. The predicted molar refractivity (Wildman–Crippen MR) is 84.0 cm³/mol. The van der Waals surface area contributed by atoms with E-state index in [-0.39, 0.29) is 11.9 Å². The molecular formula is C16H19N3OS. The monoisotopic (exact) mass is 301 g/mol. The van der Waals surface area contributed by atoms with Crippen molar-refractivity contribution in [1.29, 1.82) is 0 Å². The van der Waals surface area contributed by atoms with Crippen LogP contribution in [0, 0.1) is 0 Å². The van der Waals surface area contributed by atoms with Crippen molar-refractivity contribution in [3.63, 3.8) is 0 Å². The first-order chi connectivity index (χ1) is 10.2. The van der Waals surface area contributed by atoms with Crippen molar-refractivity contribution in [3.05, 3.63) is 52.5 Å². The minimum absolute atomic E-state index is 0.157. The molecule has 3 rings (SSSR count). The van der Waals surface area contributed by atoms with E-state index in [4.69, 9.17) is 0 Å². The number of piperazine rings is 1. The maximum atomic E-state index is 11.7. The lowest BCUT2D eigenvalue weighted by Gasteiger charge is -2.41. The van der Waals surface area contributed by atoms with Crippen molar-refractivity contribution in [1.82, 2.24) is 14.8 Å². The maximum Gasteiger partial charge on any atom is 0.219 e. The average Bonchev–Trinajstić information content (AvgIpc) is 3.01. The molecule has 1 fully saturated rings. The fourth-order valence-corrected chi connectivity index (χ4v) is 3.36. The third-order valence-electron chi connectivity index (χ3n) is 3.97. The summed E-state index contributed by atoms with van der Waals surface area (Å²) in [6, 6.07) is 10.7. The molecule has 0 radical (unpaired) electrons. The highest BCUT2D eigenvalue weighted by molar-refractivity contribution is 7.07. The summed E-state index contributed by atoms with van der Waals surface area (Å²) in [5.74, 6) is 0.157. The zero-order valence-electron chi connectivity index (χ0n) is 12.1. The molecule has 1 amide bonds. The summed E-state index contributed by atoms with van der Waals surface area (Å²) in [7, 11) is 0. The number of benzene rings is 1. The second-order valence-corrected chi connectivity index (χ2v) is 6.06. The van der Waals surface area contributed by atoms with Gasteiger partial charge in [-0.15, -0.1) is 11.3 Å². The summed E-state index contributed by atoms with van der Waals surface area (Å²) < 4.78 is 0. The number of rotatable bonds is 3. The highest BCUT2D eigenvalue weighted by atomic mass is 32.1. The Morgan fingerprint density at radius 1 is 1.33 bits per heavy atom. The Balaban J connectivity index is 1.82. The summed E-state index contributed by atoms with van der Waals surface area (Å²) in [6.07, 6.45) is 0. The van der Waals surface area contributed by atoms with Crippen molar-refractivity contribution in [2.24, 2.45) is 0 Å². The molecule has 0 N–H and O–H groups in total. The molecule has 110 valence electrons. The molecule has 0 saturated carbocycles. The number of aromatic nitrogens is 1. The molecule has 1 aromatic carbocycles. The maximum absolute atomic E-state index is 11.7. The van der Waals surface area contributed by atoms with Gasteiger partial charge in [-0.3, -0.25) is 9.69 Å². The fourth-order valence-electron chi connectivity index (χ4n) is 2.81. The molecule has 0 spiro atoms. The van der Waals surface area contributed by atoms with Gasteiger partial charge in [-0.05, 0) is 5.56 Å². The first-order valence-electron chi connectivity index (χ1n) is 7.15. The fraction of sp³-hybridized carbons (Fsp3) is 0.375. The third kappa shape index (κ3) is 3.31. The average molecular weight is 301 g/mol. The number of hydrogen-bond acceptors (Lipinski definition) is 4. The number of nitrogens with zero attached hydrogens (tertiary/aromatic N) is 3. The normalized spacial score (nSPS) is 19.7. The van der Waals surface area contributed by atoms with Crippen molar-refractivity contribution in [3.8, 4) is 0 Å². The molecule has 1 aliphatic heterocycles. The molecule has 0 aliphatic carbocycles. The van der Waals surface area contributed by atoms with Gasteiger partial charge in [-0.1, -0.05) is 30.3 Å². The molecule has 2 aromatic rings. The lowest BCUT2D eigenvalue weighted by molar-refractivity contribution is -0.132. The second kappa shape index (κ2) is 6.37. The first-order valence-corrected chi connectivity index (χ1v) is 8.10. The van der Waals surface area contributed by atoms with E-state index in [1.165, 1.54) is 5.56 Å². The standard InChI is InChI=1S/C16H19N3OS/c1-13(20)18-7-8-19(9-15-11-21-12-17-15)16(10-18)14-5-3-2-4-6-14/h2-6,11-12,16H,7-10H2,1H3/t16-/m1/s1. The van der Waals surface area contributed by atoms with Gasteiger partial charge in [0, 0.05) is 38.5 Å². The minimum Gasteiger partial charge on any atom is -0.340 e. The Kier molecular flexibility index (Phi) is 4.31. The van der Waals surface area contributed by atoms with Crippen LogP contribution in [0.25, 0.3) is 0 Å². The molecule has 4 nitrogen and oxygen atoms in total. The Morgan fingerprint density at radius 3 is 2.81 bits per heavy atom. The molecule has 1 aliphatic rings. The van der Waals surface area contributed by atoms with E-state index >= 15 is 0 Å². The van der Waals surface area contributed by atoms with Crippen molar-refractivity contribution in [2.75, 3.05) is 19.6 Å². The molecule has 2 heterocycles. The zero-order chi connectivity index (χ0) is 14.7. The molecular weight excluding hydrogens is 282 g/mol. The molecule has 0 unspecified atom stereocenters. The van der Waals surface area contributed by atoms with Crippen LogP contribution in [-0.4, -0.2) is 40.3 Å². The predicted octanol–water partition coefficient (Wildman–Crippen LogP) is 2.55. The van der Waals surface area contributed by atoms with Crippen molar-refractivity contribution < 1.29 is 4.79 Å². The van der Waals surface area contributed by atoms with Crippen LogP contribution in [0.2, 0.25) is 0 Å². The van der Waals surface area contributed by atoms with Gasteiger partial charge >= 0.3 is 0 Å². The lowest BCUT2D eigenvalue weighted by Crippen LogP contribution is -2.49. The van der Waals surface area contributed by atoms with Crippen LogP contribution in [-0.2, 0) is 11.3 Å². The van der Waals surface area contributed by atoms with E-state index in [9.17, 15) is 4.79 Å². The van der Waals surface area contributed by atoms with Crippen LogP contribution in [0.3, 0.4) is 0 Å². The van der Waals surface area contributed by atoms with Gasteiger partial charge in [0.25, 0.3) is 0 Å². The van der Waals surface area contributed by atoms with Crippen molar-refractivity contribution >= 4 is 17.2 Å². The summed E-state index contributed by atoms with van der Waals surface area (Å²) in [4.78, 5) is 20.4. The van der Waals surface area contributed by atoms with Crippen LogP contribution in [0.15, 0.2) is 41.2 Å². The smallest absolute Gasteiger partial charge is 0.219 e. The summed E-state index contributed by atoms with van der Waals surface area (Å²) >= 11 is 1.63. The van der Waals surface area contributed by atoms with Gasteiger partial charge in [0.15, 0.2) is 0 Å². The Bertz CT molecular complexity index is 585. The summed E-state index contributed by atoms with van der Waals surface area (Å²) in [5, 5.41) is 2.10. The molecule has 21 heavy (non-hydrogen) atoms. The minimum atomic E-state index is 0.157. The largest absolute Gasteiger partial charge is 0.340 e. The highest BCUT2D eigenvalue weighted by Crippen LogP contribution is 2.27. The van der Waals surface area contributed by atoms with Crippen LogP contribution in [0.4, 0.5) is 0 Å². The van der Waals surface area contributed by atoms with E-state index < -0.39 is 0 Å². The van der Waals surface area contributed by atoms with E-state index in [0.29, 0.717) is 0 Å². The van der Waals surface area contributed by atoms with E-state index in [1.807, 2.05) is 16.5 Å². The topological polar surface area (TPSA) is 36.4 Å². The number of thiazole rings is 1. The van der Waals surface area contributed by atoms with Gasteiger partial charge in [0.05, 0.1) is 17.2 Å². The molecule has 5 heteroatoms. The SMILES string of the molecule is CC(=O)N1CCN(Cc2cscn2)[C@@H](c2ccccc2)C1. The Hall–Kier alpha value is -1.72. The summed E-state index contributed by atoms with van der Waals surface area (Å²) in [5.41, 5.74) is 4.24. The van der Waals surface area contributed by atoms with Gasteiger partial charge < -0.3 is 4.90 Å². The Labute approximate surface area is 129 Å². The lowest BCUT2D eigenvalue weighted by atomic mass is 10.0. The van der Waals surface area contributed by atoms with Gasteiger partial charge in [-0.2, -0.15) is 0 Å². The highest BCUT2D eigenvalue weighted by Gasteiger charge is 2.29. The van der Waals surface area contributed by atoms with Crippen LogP contribution in [0.5, 0.6) is 0 Å². The third-order valence-corrected chi connectivity index (χ3v) is 4.60. The molecule has 1 atom stereocenters. The van der Waals surface area contributed by atoms with Gasteiger partial charge in [-0.25, -0.2) is 4.98 Å². The van der Waals surface area contributed by atoms with Crippen LogP contribution in [0.1, 0.15) is 24.2 Å². The van der Waals surface area contributed by atoms with Crippen LogP contribution >= 0.6 is 11.3 Å². The van der Waals surface area contributed by atoms with Gasteiger partial charge in [0.1, 0.15) is 0 Å². The van der Waals surface area contributed by atoms with E-state index in [2.05, 4.69) is 39.5 Å². The van der Waals surface area contributed by atoms with Crippen molar-refractivity contribution in [2.45, 2.75) is 19.5 Å². The molecule has 1 saturated heterocycles. The number of carbonyl (C=O) groups excluding carboxylic acids is 1. The zero-order valence-corrected chi connectivity index (χ0v) is 12.9. The Morgan fingerprint density at radius 2 is 2.14 bits per heavy atom. The first kappa shape index (κ1) is 14.2. The summed E-state index contributed by atoms with van der Waals surface area (Å²) in [6.45, 7) is 4.93. The molecule has 1 aromatic heterocycles. The van der Waals surface area contributed by atoms with E-state index in [0.717, 1.165) is 31.9 Å². The number of carbonyl (C=O) groups is 1. The van der Waals surface area contributed by atoms with Crippen LogP contribution < -0.4 is 0 Å². The second-order valence-electron chi connectivity index (χ2n) is 5.34. The number of amides is 1. The molecule has 0 bridgehead atoms.